The first-order valence-corrected chi connectivity index (χ1v) is 8.41. The molecule has 0 atom stereocenters. The molecule has 8 heteroatoms. The number of hydrogen-bond donors (Lipinski definition) is 2. The van der Waals surface area contributed by atoms with Crippen LogP contribution in [0.15, 0.2) is 47.5 Å². The van der Waals surface area contributed by atoms with Gasteiger partial charge in [0.25, 0.3) is 10.0 Å². The maximum atomic E-state index is 12.4. The topological polar surface area (TPSA) is 85.1 Å². The summed E-state index contributed by atoms with van der Waals surface area (Å²) in [7, 11) is -3.80. The van der Waals surface area contributed by atoms with Gasteiger partial charge in [-0.3, -0.25) is 9.71 Å². The van der Waals surface area contributed by atoms with Crippen LogP contribution in [0.1, 0.15) is 5.69 Å². The molecule has 0 saturated carbocycles. The molecule has 1 heterocycles. The van der Waals surface area contributed by atoms with Crippen molar-refractivity contribution < 1.29 is 8.42 Å². The summed E-state index contributed by atoms with van der Waals surface area (Å²) in [4.78, 5) is 3.82. The summed E-state index contributed by atoms with van der Waals surface area (Å²) < 4.78 is 28.1. The second kappa shape index (κ2) is 6.02. The number of nitrogens with zero attached hydrogens (tertiary/aromatic N) is 1. The number of pyridine rings is 1. The highest BCUT2D eigenvalue weighted by Gasteiger charge is 2.21. The van der Waals surface area contributed by atoms with Crippen molar-refractivity contribution in [3.05, 3.63) is 51.9 Å². The number of hydrogen-bond acceptors (Lipinski definition) is 4. The number of thiocarbonyl (C=S) groups is 1. The molecule has 20 heavy (non-hydrogen) atoms. The number of rotatable bonds is 4. The Balaban J connectivity index is 2.47. The number of halogens is 1. The van der Waals surface area contributed by atoms with Crippen LogP contribution < -0.4 is 10.5 Å². The van der Waals surface area contributed by atoms with Crippen molar-refractivity contribution in [3.8, 4) is 0 Å². The number of sulfonamides is 1. The summed E-state index contributed by atoms with van der Waals surface area (Å²) in [5, 5.41) is 0. The van der Waals surface area contributed by atoms with E-state index >= 15 is 0 Å². The van der Waals surface area contributed by atoms with Crippen LogP contribution in [-0.2, 0) is 10.0 Å². The van der Waals surface area contributed by atoms with E-state index in [0.29, 0.717) is 5.69 Å². The van der Waals surface area contributed by atoms with Gasteiger partial charge >= 0.3 is 0 Å². The molecule has 2 aromatic rings. The quantitative estimate of drug-likeness (QED) is 0.586. The van der Waals surface area contributed by atoms with Gasteiger partial charge in [-0.15, -0.1) is 0 Å². The lowest BCUT2D eigenvalue weighted by molar-refractivity contribution is 0.600. The molecule has 0 aliphatic carbocycles. The van der Waals surface area contributed by atoms with Crippen molar-refractivity contribution >= 4 is 55.5 Å². The predicted octanol–water partition coefficient (Wildman–Crippen LogP) is 2.12. The zero-order valence-electron chi connectivity index (χ0n) is 10.1. The van der Waals surface area contributed by atoms with Gasteiger partial charge in [-0.05, 0) is 46.9 Å². The SMILES string of the molecule is NC(=S)c1ncccc1S(=O)(=O)Nc1ccccc1I. The average Bonchev–Trinajstić information content (AvgIpc) is 2.41. The minimum atomic E-state index is -3.80. The number of nitrogens with one attached hydrogen (secondary N) is 1. The molecule has 0 aliphatic heterocycles. The van der Waals surface area contributed by atoms with Crippen LogP contribution in [0.3, 0.4) is 0 Å². The number of para-hydroxylation sites is 1. The fraction of sp³-hybridized carbons (Fsp3) is 0. The third-order valence-corrected chi connectivity index (χ3v) is 4.94. The summed E-state index contributed by atoms with van der Waals surface area (Å²) in [5.41, 5.74) is 6.09. The Hall–Kier alpha value is -1.26. The molecule has 0 radical (unpaired) electrons. The van der Waals surface area contributed by atoms with E-state index in [2.05, 4.69) is 9.71 Å². The summed E-state index contributed by atoms with van der Waals surface area (Å²) in [6.07, 6.45) is 1.44. The Morgan fingerprint density at radius 1 is 1.25 bits per heavy atom. The fourth-order valence-electron chi connectivity index (χ4n) is 1.54. The lowest BCUT2D eigenvalue weighted by atomic mass is 10.3. The van der Waals surface area contributed by atoms with Gasteiger partial charge in [0.05, 0.1) is 5.69 Å². The van der Waals surface area contributed by atoms with E-state index in [-0.39, 0.29) is 15.6 Å². The molecule has 0 saturated heterocycles. The second-order valence-corrected chi connectivity index (χ2v) is 7.05. The molecule has 0 spiro atoms. The minimum absolute atomic E-state index is 0.0350. The van der Waals surface area contributed by atoms with Crippen molar-refractivity contribution in [2.24, 2.45) is 5.73 Å². The van der Waals surface area contributed by atoms with Crippen LogP contribution >= 0.6 is 34.8 Å². The Morgan fingerprint density at radius 3 is 2.60 bits per heavy atom. The number of nitrogens with two attached hydrogens (primary N) is 1. The maximum absolute atomic E-state index is 12.4. The van der Waals surface area contributed by atoms with E-state index in [0.717, 1.165) is 3.57 Å². The van der Waals surface area contributed by atoms with Gasteiger partial charge in [-0.2, -0.15) is 0 Å². The monoisotopic (exact) mass is 419 g/mol. The van der Waals surface area contributed by atoms with E-state index in [1.54, 1.807) is 18.2 Å². The van der Waals surface area contributed by atoms with Gasteiger partial charge in [0, 0.05) is 9.77 Å². The van der Waals surface area contributed by atoms with Crippen molar-refractivity contribution in [2.45, 2.75) is 4.90 Å². The number of benzene rings is 1. The van der Waals surface area contributed by atoms with Crippen molar-refractivity contribution in [1.29, 1.82) is 0 Å². The van der Waals surface area contributed by atoms with Gasteiger partial charge in [0.2, 0.25) is 0 Å². The molecular weight excluding hydrogens is 409 g/mol. The van der Waals surface area contributed by atoms with Gasteiger partial charge in [-0.1, -0.05) is 24.4 Å². The summed E-state index contributed by atoms with van der Waals surface area (Å²) in [5.74, 6) is 0. The minimum Gasteiger partial charge on any atom is -0.388 e. The van der Waals surface area contributed by atoms with Crippen LogP contribution in [0.5, 0.6) is 0 Å². The van der Waals surface area contributed by atoms with E-state index in [9.17, 15) is 8.42 Å². The van der Waals surface area contributed by atoms with E-state index in [1.165, 1.54) is 18.3 Å². The lowest BCUT2D eigenvalue weighted by Gasteiger charge is -2.11. The fourth-order valence-corrected chi connectivity index (χ4v) is 3.72. The highest BCUT2D eigenvalue weighted by atomic mass is 127. The smallest absolute Gasteiger partial charge is 0.264 e. The first-order valence-electron chi connectivity index (χ1n) is 5.44. The van der Waals surface area contributed by atoms with Gasteiger partial charge in [0.15, 0.2) is 0 Å². The molecular formula is C12H10IN3O2S2. The van der Waals surface area contributed by atoms with Gasteiger partial charge < -0.3 is 5.73 Å². The van der Waals surface area contributed by atoms with Crippen LogP contribution in [0.25, 0.3) is 0 Å². The Bertz CT molecular complexity index is 763. The Morgan fingerprint density at radius 2 is 1.95 bits per heavy atom. The molecule has 104 valence electrons. The second-order valence-electron chi connectivity index (χ2n) is 3.80. The first kappa shape index (κ1) is 15.1. The van der Waals surface area contributed by atoms with Gasteiger partial charge in [0.1, 0.15) is 15.6 Å². The van der Waals surface area contributed by atoms with Crippen LogP contribution in [-0.4, -0.2) is 18.4 Å². The summed E-state index contributed by atoms with van der Waals surface area (Å²) in [6, 6.07) is 9.99. The molecule has 0 unspecified atom stereocenters. The van der Waals surface area contributed by atoms with Crippen LogP contribution in [0.4, 0.5) is 5.69 Å². The van der Waals surface area contributed by atoms with E-state index in [1.807, 2.05) is 28.7 Å². The average molecular weight is 419 g/mol. The molecule has 3 N–H and O–H groups in total. The maximum Gasteiger partial charge on any atom is 0.264 e. The van der Waals surface area contributed by atoms with E-state index < -0.39 is 10.0 Å². The molecule has 0 fully saturated rings. The third kappa shape index (κ3) is 3.25. The lowest BCUT2D eigenvalue weighted by Crippen LogP contribution is -2.21. The summed E-state index contributed by atoms with van der Waals surface area (Å²) in [6.45, 7) is 0. The largest absolute Gasteiger partial charge is 0.388 e. The van der Waals surface area contributed by atoms with Crippen molar-refractivity contribution in [1.82, 2.24) is 4.98 Å². The van der Waals surface area contributed by atoms with Crippen molar-refractivity contribution in [2.75, 3.05) is 4.72 Å². The summed E-state index contributed by atoms with van der Waals surface area (Å²) >= 11 is 6.88. The number of anilines is 1. The highest BCUT2D eigenvalue weighted by Crippen LogP contribution is 2.22. The molecule has 5 nitrogen and oxygen atoms in total. The molecule has 0 aliphatic rings. The van der Waals surface area contributed by atoms with Crippen LogP contribution in [0, 0.1) is 3.57 Å². The zero-order valence-corrected chi connectivity index (χ0v) is 13.9. The number of aromatic nitrogens is 1. The predicted molar refractivity (Wildman–Crippen MR) is 90.1 cm³/mol. The van der Waals surface area contributed by atoms with E-state index in [4.69, 9.17) is 18.0 Å². The highest BCUT2D eigenvalue weighted by molar-refractivity contribution is 14.1. The normalized spacial score (nSPS) is 11.1. The molecule has 1 aromatic carbocycles. The third-order valence-electron chi connectivity index (χ3n) is 2.41. The first-order chi connectivity index (χ1) is 9.42. The standard InChI is InChI=1S/C12H10IN3O2S2/c13-8-4-1-2-5-9(8)16-20(17,18)10-6-3-7-15-11(10)12(14)19/h1-7,16H,(H2,14,19). The van der Waals surface area contributed by atoms with Crippen molar-refractivity contribution in [3.63, 3.8) is 0 Å². The van der Waals surface area contributed by atoms with Crippen LogP contribution in [0.2, 0.25) is 0 Å². The molecule has 2 rings (SSSR count). The zero-order chi connectivity index (χ0) is 14.8. The van der Waals surface area contributed by atoms with Gasteiger partial charge in [-0.25, -0.2) is 8.42 Å². The Kier molecular flexibility index (Phi) is 4.55. The molecule has 0 amide bonds. The molecule has 1 aromatic heterocycles. The molecule has 0 bridgehead atoms. The Labute approximate surface area is 135 Å².